The van der Waals surface area contributed by atoms with Gasteiger partial charge in [0.15, 0.2) is 0 Å². The highest BCUT2D eigenvalue weighted by Gasteiger charge is 2.14. The second kappa shape index (κ2) is 5.62. The van der Waals surface area contributed by atoms with Gasteiger partial charge in [-0.15, -0.1) is 0 Å². The molecule has 0 fully saturated rings. The van der Waals surface area contributed by atoms with Crippen molar-refractivity contribution in [3.8, 4) is 0 Å². The Morgan fingerprint density at radius 3 is 2.89 bits per heavy atom. The molecule has 0 spiro atoms. The molecule has 0 radical (unpaired) electrons. The lowest BCUT2D eigenvalue weighted by Crippen LogP contribution is -2.31. The topological polar surface area (TPSA) is 89.2 Å². The average molecular weight is 283 g/mol. The Bertz CT molecular complexity index is 650. The zero-order valence-electron chi connectivity index (χ0n) is 10.9. The number of nitrogens with zero attached hydrogens (tertiary/aromatic N) is 4. The van der Waals surface area contributed by atoms with Crippen LogP contribution in [-0.2, 0) is 16.4 Å². The van der Waals surface area contributed by atoms with Gasteiger partial charge in [0.25, 0.3) is 5.78 Å². The maximum Gasteiger partial charge on any atom is 0.252 e. The smallest absolute Gasteiger partial charge is 0.219 e. The molecular formula is C11H17N5O2S. The van der Waals surface area contributed by atoms with Crippen LogP contribution in [0.2, 0.25) is 0 Å². The molecule has 19 heavy (non-hydrogen) atoms. The number of sulfonamides is 1. The lowest BCUT2D eigenvalue weighted by molar-refractivity contribution is 0.570. The van der Waals surface area contributed by atoms with Crippen molar-refractivity contribution in [3.63, 3.8) is 0 Å². The Morgan fingerprint density at radius 2 is 2.16 bits per heavy atom. The van der Waals surface area contributed by atoms with Crippen LogP contribution in [0.25, 0.3) is 5.78 Å². The Hall–Kier alpha value is -1.54. The quantitative estimate of drug-likeness (QED) is 0.774. The van der Waals surface area contributed by atoms with E-state index in [1.165, 1.54) is 6.33 Å². The number of nitrogens with one attached hydrogen (secondary N) is 1. The summed E-state index contributed by atoms with van der Waals surface area (Å²) in [5, 5.41) is 3.60. The van der Waals surface area contributed by atoms with Crippen molar-refractivity contribution in [1.29, 1.82) is 0 Å². The van der Waals surface area contributed by atoms with E-state index in [-0.39, 0.29) is 0 Å². The maximum absolute atomic E-state index is 11.5. The molecule has 1 N–H and O–H groups in total. The lowest BCUT2D eigenvalue weighted by atomic mass is 10.2. The summed E-state index contributed by atoms with van der Waals surface area (Å²) in [7, 11) is -3.17. The number of aromatic nitrogens is 4. The highest BCUT2D eigenvalue weighted by molar-refractivity contribution is 7.90. The Labute approximate surface area is 112 Å². The Morgan fingerprint density at radius 1 is 1.37 bits per heavy atom. The molecule has 0 aliphatic heterocycles. The van der Waals surface area contributed by atoms with E-state index in [0.29, 0.717) is 18.7 Å². The monoisotopic (exact) mass is 283 g/mol. The fraction of sp³-hybridized carbons (Fsp3) is 0.545. The molecule has 0 amide bonds. The number of rotatable bonds is 6. The summed E-state index contributed by atoms with van der Waals surface area (Å²) >= 11 is 0. The van der Waals surface area contributed by atoms with Gasteiger partial charge in [-0.25, -0.2) is 22.6 Å². The predicted molar refractivity (Wildman–Crippen MR) is 71.2 cm³/mol. The summed E-state index contributed by atoms with van der Waals surface area (Å²) in [4.78, 5) is 8.10. The van der Waals surface area contributed by atoms with E-state index in [4.69, 9.17) is 0 Å². The molecule has 0 saturated heterocycles. The third-order valence-electron chi connectivity index (χ3n) is 2.75. The first-order chi connectivity index (χ1) is 8.99. The number of aryl methyl sites for hydroxylation is 1. The second-order valence-electron chi connectivity index (χ2n) is 4.56. The summed E-state index contributed by atoms with van der Waals surface area (Å²) in [6.45, 7) is 3.74. The van der Waals surface area contributed by atoms with E-state index >= 15 is 0 Å². The van der Waals surface area contributed by atoms with Crippen LogP contribution in [0.15, 0.2) is 18.7 Å². The van der Waals surface area contributed by atoms with Gasteiger partial charge < -0.3 is 0 Å². The SMILES string of the molecule is CC(C)S(=O)(=O)NCCCc1cnc2ncnn2c1. The second-order valence-corrected chi connectivity index (χ2v) is 6.88. The maximum atomic E-state index is 11.5. The van der Waals surface area contributed by atoms with Gasteiger partial charge in [-0.3, -0.25) is 0 Å². The molecule has 2 rings (SSSR count). The molecule has 2 aromatic rings. The fourth-order valence-electron chi connectivity index (χ4n) is 1.56. The van der Waals surface area contributed by atoms with Gasteiger partial charge in [-0.1, -0.05) is 0 Å². The van der Waals surface area contributed by atoms with E-state index < -0.39 is 15.3 Å². The van der Waals surface area contributed by atoms with Crippen molar-refractivity contribution in [2.24, 2.45) is 0 Å². The van der Waals surface area contributed by atoms with Gasteiger partial charge in [-0.2, -0.15) is 10.1 Å². The molecule has 0 aromatic carbocycles. The predicted octanol–water partition coefficient (Wildman–Crippen LogP) is 0.385. The summed E-state index contributed by atoms with van der Waals surface area (Å²) in [5.41, 5.74) is 1.00. The molecule has 0 aliphatic rings. The number of fused-ring (bicyclic) bond motifs is 1. The molecule has 0 bridgehead atoms. The molecule has 0 saturated carbocycles. The van der Waals surface area contributed by atoms with Crippen LogP contribution in [0.3, 0.4) is 0 Å². The first kappa shape index (κ1) is 13.9. The molecule has 0 unspecified atom stereocenters. The van der Waals surface area contributed by atoms with Crippen molar-refractivity contribution in [2.75, 3.05) is 6.54 Å². The molecular weight excluding hydrogens is 266 g/mol. The van der Waals surface area contributed by atoms with Crippen molar-refractivity contribution in [3.05, 3.63) is 24.3 Å². The largest absolute Gasteiger partial charge is 0.252 e. The molecule has 7 nitrogen and oxygen atoms in total. The summed E-state index contributed by atoms with van der Waals surface area (Å²) in [6, 6.07) is 0. The first-order valence-corrected chi connectivity index (χ1v) is 7.66. The van der Waals surface area contributed by atoms with E-state index in [0.717, 1.165) is 12.0 Å². The third kappa shape index (κ3) is 3.48. The van der Waals surface area contributed by atoms with Gasteiger partial charge in [0.2, 0.25) is 10.0 Å². The first-order valence-electron chi connectivity index (χ1n) is 6.12. The standard InChI is InChI=1S/C11H17N5O2S/c1-9(2)19(17,18)15-5-3-4-10-6-12-11-13-8-14-16(11)7-10/h6-9,15H,3-5H2,1-2H3. The fourth-order valence-corrected chi connectivity index (χ4v) is 2.32. The van der Waals surface area contributed by atoms with Gasteiger partial charge >= 0.3 is 0 Å². The van der Waals surface area contributed by atoms with Gasteiger partial charge in [0.05, 0.1) is 5.25 Å². The van der Waals surface area contributed by atoms with Gasteiger partial charge in [-0.05, 0) is 32.3 Å². The zero-order valence-corrected chi connectivity index (χ0v) is 11.8. The van der Waals surface area contributed by atoms with Crippen LogP contribution < -0.4 is 4.72 Å². The lowest BCUT2D eigenvalue weighted by Gasteiger charge is -2.09. The van der Waals surface area contributed by atoms with Crippen LogP contribution in [0.1, 0.15) is 25.8 Å². The summed E-state index contributed by atoms with van der Waals surface area (Å²) < 4.78 is 27.3. The molecule has 2 heterocycles. The van der Waals surface area contributed by atoms with Crippen LogP contribution in [0.5, 0.6) is 0 Å². The van der Waals surface area contributed by atoms with Crippen LogP contribution in [0.4, 0.5) is 0 Å². The third-order valence-corrected chi connectivity index (χ3v) is 4.60. The number of hydrogen-bond donors (Lipinski definition) is 1. The molecule has 8 heteroatoms. The molecule has 0 aliphatic carbocycles. The van der Waals surface area contributed by atoms with E-state index in [9.17, 15) is 8.42 Å². The van der Waals surface area contributed by atoms with E-state index in [1.54, 1.807) is 24.6 Å². The number of hydrogen-bond acceptors (Lipinski definition) is 5. The summed E-state index contributed by atoms with van der Waals surface area (Å²) in [6.07, 6.45) is 6.49. The van der Waals surface area contributed by atoms with Crippen LogP contribution in [-0.4, -0.2) is 39.8 Å². The summed E-state index contributed by atoms with van der Waals surface area (Å²) in [5.74, 6) is 0.560. The van der Waals surface area contributed by atoms with Crippen molar-refractivity contribution in [2.45, 2.75) is 31.9 Å². The van der Waals surface area contributed by atoms with E-state index in [2.05, 4.69) is 19.8 Å². The van der Waals surface area contributed by atoms with E-state index in [1.807, 2.05) is 6.20 Å². The Balaban J connectivity index is 1.86. The molecule has 104 valence electrons. The minimum absolute atomic E-state index is 0.402. The zero-order chi connectivity index (χ0) is 13.9. The minimum atomic E-state index is -3.17. The van der Waals surface area contributed by atoms with Crippen molar-refractivity contribution in [1.82, 2.24) is 24.3 Å². The van der Waals surface area contributed by atoms with Crippen molar-refractivity contribution >= 4 is 15.8 Å². The van der Waals surface area contributed by atoms with Crippen LogP contribution in [0, 0.1) is 0 Å². The van der Waals surface area contributed by atoms with Crippen molar-refractivity contribution < 1.29 is 8.42 Å². The average Bonchev–Trinajstić information content (AvgIpc) is 2.81. The molecule has 2 aromatic heterocycles. The highest BCUT2D eigenvalue weighted by atomic mass is 32.2. The minimum Gasteiger partial charge on any atom is -0.219 e. The Kier molecular flexibility index (Phi) is 4.11. The van der Waals surface area contributed by atoms with Gasteiger partial charge in [0, 0.05) is 18.9 Å². The molecule has 0 atom stereocenters. The van der Waals surface area contributed by atoms with Crippen LogP contribution >= 0.6 is 0 Å². The highest BCUT2D eigenvalue weighted by Crippen LogP contribution is 2.03. The normalized spacial score (nSPS) is 12.4. The van der Waals surface area contributed by atoms with Gasteiger partial charge in [0.1, 0.15) is 6.33 Å².